The number of rotatable bonds is 6. The number of hydrogen-bond donors (Lipinski definition) is 1. The summed E-state index contributed by atoms with van der Waals surface area (Å²) < 4.78 is 6.95. The zero-order valence-corrected chi connectivity index (χ0v) is 15.9. The van der Waals surface area contributed by atoms with E-state index in [1.54, 1.807) is 30.3 Å². The van der Waals surface area contributed by atoms with E-state index in [4.69, 9.17) is 16.3 Å². The van der Waals surface area contributed by atoms with Gasteiger partial charge >= 0.3 is 0 Å². The number of carbonyl (C=O) groups is 1. The molecule has 1 N–H and O–H groups in total. The molecule has 0 aliphatic rings. The quantitative estimate of drug-likeness (QED) is 0.662. The van der Waals surface area contributed by atoms with Gasteiger partial charge in [0.15, 0.2) is 0 Å². The molecule has 3 aromatic rings. The molecule has 0 atom stereocenters. The third-order valence-corrected chi connectivity index (χ3v) is 4.30. The minimum Gasteiger partial charge on any atom is -0.492 e. The van der Waals surface area contributed by atoms with Crippen LogP contribution in [0.25, 0.3) is 16.6 Å². The van der Waals surface area contributed by atoms with Crippen molar-refractivity contribution < 1.29 is 9.53 Å². The number of halogens is 1. The fourth-order valence-corrected chi connectivity index (χ4v) is 2.87. The first-order valence-electron chi connectivity index (χ1n) is 8.64. The lowest BCUT2D eigenvalue weighted by molar-refractivity contribution is 0.0956. The van der Waals surface area contributed by atoms with Crippen molar-refractivity contribution in [1.82, 2.24) is 14.9 Å². The molecule has 3 rings (SSSR count). The molecule has 1 aromatic heterocycles. The van der Waals surface area contributed by atoms with Crippen LogP contribution in [0.3, 0.4) is 0 Å². The van der Waals surface area contributed by atoms with Crippen molar-refractivity contribution in [3.63, 3.8) is 0 Å². The van der Waals surface area contributed by atoms with E-state index in [-0.39, 0.29) is 11.5 Å². The monoisotopic (exact) mass is 385 g/mol. The van der Waals surface area contributed by atoms with Gasteiger partial charge in [-0.2, -0.15) is 0 Å². The standard InChI is InChI=1S/C20H20ClN3O3/c1-3-22-19(25)14-5-4-13(2)18(10-14)24-12-23-17-7-6-15(27-9-8-21)11-16(17)20(24)26/h4-7,10-12H,3,8-9H2,1-2H3,(H,22,25). The van der Waals surface area contributed by atoms with Crippen LogP contribution < -0.4 is 15.6 Å². The Bertz CT molecular complexity index is 1050. The number of nitrogens with one attached hydrogen (secondary N) is 1. The highest BCUT2D eigenvalue weighted by Crippen LogP contribution is 2.19. The van der Waals surface area contributed by atoms with Gasteiger partial charge in [0.2, 0.25) is 0 Å². The highest BCUT2D eigenvalue weighted by molar-refractivity contribution is 6.18. The van der Waals surface area contributed by atoms with E-state index in [9.17, 15) is 9.59 Å². The third kappa shape index (κ3) is 3.95. The predicted octanol–water partition coefficient (Wildman–Crippen LogP) is 3.06. The van der Waals surface area contributed by atoms with Crippen molar-refractivity contribution in [2.24, 2.45) is 0 Å². The van der Waals surface area contributed by atoms with Gasteiger partial charge in [-0.05, 0) is 49.7 Å². The third-order valence-electron chi connectivity index (χ3n) is 4.14. The number of aromatic nitrogens is 2. The van der Waals surface area contributed by atoms with Crippen LogP contribution in [0.15, 0.2) is 47.5 Å². The van der Waals surface area contributed by atoms with Gasteiger partial charge < -0.3 is 10.1 Å². The van der Waals surface area contributed by atoms with Gasteiger partial charge in [0, 0.05) is 12.1 Å². The van der Waals surface area contributed by atoms with Crippen molar-refractivity contribution in [3.8, 4) is 11.4 Å². The van der Waals surface area contributed by atoms with Crippen LogP contribution in [0.5, 0.6) is 5.75 Å². The molecule has 2 aromatic carbocycles. The molecular formula is C20H20ClN3O3. The summed E-state index contributed by atoms with van der Waals surface area (Å²) in [5, 5.41) is 3.20. The highest BCUT2D eigenvalue weighted by Gasteiger charge is 2.12. The number of nitrogens with zero attached hydrogens (tertiary/aromatic N) is 2. The molecular weight excluding hydrogens is 366 g/mol. The maximum Gasteiger partial charge on any atom is 0.265 e. The van der Waals surface area contributed by atoms with Crippen molar-refractivity contribution >= 4 is 28.4 Å². The first-order chi connectivity index (χ1) is 13.0. The molecule has 0 aliphatic heterocycles. The van der Waals surface area contributed by atoms with Gasteiger partial charge in [-0.3, -0.25) is 14.2 Å². The molecule has 1 amide bonds. The van der Waals surface area contributed by atoms with E-state index in [1.165, 1.54) is 10.9 Å². The van der Waals surface area contributed by atoms with E-state index in [1.807, 2.05) is 19.9 Å². The summed E-state index contributed by atoms with van der Waals surface area (Å²) in [7, 11) is 0. The number of amides is 1. The van der Waals surface area contributed by atoms with E-state index in [0.29, 0.717) is 46.9 Å². The molecule has 0 bridgehead atoms. The fourth-order valence-electron chi connectivity index (χ4n) is 2.79. The first-order valence-corrected chi connectivity index (χ1v) is 9.18. The fraction of sp³-hybridized carbons (Fsp3) is 0.250. The van der Waals surface area contributed by atoms with E-state index < -0.39 is 0 Å². The Labute approximate surface area is 161 Å². The number of benzene rings is 2. The van der Waals surface area contributed by atoms with E-state index in [2.05, 4.69) is 10.3 Å². The second-order valence-corrected chi connectivity index (χ2v) is 6.37. The normalized spacial score (nSPS) is 10.8. The number of fused-ring (bicyclic) bond motifs is 1. The molecule has 140 valence electrons. The maximum atomic E-state index is 13.1. The minimum atomic E-state index is -0.229. The molecule has 0 unspecified atom stereocenters. The number of hydrogen-bond acceptors (Lipinski definition) is 4. The van der Waals surface area contributed by atoms with Gasteiger partial charge in [0.05, 0.1) is 22.5 Å². The predicted molar refractivity (Wildman–Crippen MR) is 106 cm³/mol. The van der Waals surface area contributed by atoms with Gasteiger partial charge in [-0.15, -0.1) is 11.6 Å². The topological polar surface area (TPSA) is 73.2 Å². The number of carbonyl (C=O) groups excluding carboxylic acids is 1. The molecule has 27 heavy (non-hydrogen) atoms. The number of aryl methyl sites for hydroxylation is 1. The Balaban J connectivity index is 2.11. The van der Waals surface area contributed by atoms with Gasteiger partial charge in [0.25, 0.3) is 11.5 Å². The molecule has 0 aliphatic carbocycles. The van der Waals surface area contributed by atoms with Crippen molar-refractivity contribution in [3.05, 3.63) is 64.2 Å². The molecule has 1 heterocycles. The molecule has 0 saturated heterocycles. The Morgan fingerprint density at radius 2 is 2.07 bits per heavy atom. The van der Waals surface area contributed by atoms with Crippen molar-refractivity contribution in [2.75, 3.05) is 19.0 Å². The molecule has 0 fully saturated rings. The summed E-state index contributed by atoms with van der Waals surface area (Å²) in [5.74, 6) is 0.742. The van der Waals surface area contributed by atoms with Crippen LogP contribution in [0, 0.1) is 6.92 Å². The second-order valence-electron chi connectivity index (χ2n) is 6.00. The van der Waals surface area contributed by atoms with Gasteiger partial charge in [-0.1, -0.05) is 6.07 Å². The zero-order valence-electron chi connectivity index (χ0n) is 15.2. The average molecular weight is 386 g/mol. The van der Waals surface area contributed by atoms with Crippen LogP contribution in [-0.2, 0) is 0 Å². The molecule has 7 heteroatoms. The summed E-state index contributed by atoms with van der Waals surface area (Å²) in [5.41, 5.74) is 2.31. The van der Waals surface area contributed by atoms with Crippen LogP contribution in [-0.4, -0.2) is 34.5 Å². The van der Waals surface area contributed by atoms with Gasteiger partial charge in [-0.25, -0.2) is 4.98 Å². The highest BCUT2D eigenvalue weighted by atomic mass is 35.5. The number of ether oxygens (including phenoxy) is 1. The first kappa shape index (κ1) is 18.9. The largest absolute Gasteiger partial charge is 0.492 e. The number of alkyl halides is 1. The lowest BCUT2D eigenvalue weighted by atomic mass is 10.1. The summed E-state index contributed by atoms with van der Waals surface area (Å²) in [6.45, 7) is 4.63. The lowest BCUT2D eigenvalue weighted by Crippen LogP contribution is -2.24. The molecule has 6 nitrogen and oxygen atoms in total. The SMILES string of the molecule is CCNC(=O)c1ccc(C)c(-n2cnc3ccc(OCCCl)cc3c2=O)c1. The Morgan fingerprint density at radius 1 is 1.26 bits per heavy atom. The van der Waals surface area contributed by atoms with Crippen LogP contribution in [0.2, 0.25) is 0 Å². The molecule has 0 spiro atoms. The Hall–Kier alpha value is -2.86. The second kappa shape index (κ2) is 8.22. The van der Waals surface area contributed by atoms with Crippen LogP contribution in [0.1, 0.15) is 22.8 Å². The smallest absolute Gasteiger partial charge is 0.265 e. The van der Waals surface area contributed by atoms with E-state index in [0.717, 1.165) is 5.56 Å². The summed E-state index contributed by atoms with van der Waals surface area (Å²) in [4.78, 5) is 29.6. The average Bonchev–Trinajstić information content (AvgIpc) is 2.68. The molecule has 0 saturated carbocycles. The Kier molecular flexibility index (Phi) is 5.76. The zero-order chi connectivity index (χ0) is 19.4. The lowest BCUT2D eigenvalue weighted by Gasteiger charge is -2.12. The minimum absolute atomic E-state index is 0.183. The maximum absolute atomic E-state index is 13.1. The van der Waals surface area contributed by atoms with Crippen molar-refractivity contribution in [1.29, 1.82) is 0 Å². The Morgan fingerprint density at radius 3 is 2.81 bits per heavy atom. The summed E-state index contributed by atoms with van der Waals surface area (Å²) >= 11 is 5.65. The van der Waals surface area contributed by atoms with Crippen LogP contribution in [0.4, 0.5) is 0 Å². The summed E-state index contributed by atoms with van der Waals surface area (Å²) in [6.07, 6.45) is 1.48. The van der Waals surface area contributed by atoms with Crippen LogP contribution >= 0.6 is 11.6 Å². The van der Waals surface area contributed by atoms with Crippen molar-refractivity contribution in [2.45, 2.75) is 13.8 Å². The molecule has 0 radical (unpaired) electrons. The van der Waals surface area contributed by atoms with Gasteiger partial charge in [0.1, 0.15) is 18.7 Å². The summed E-state index contributed by atoms with van der Waals surface area (Å²) in [6, 6.07) is 10.4. The van der Waals surface area contributed by atoms with E-state index >= 15 is 0 Å².